The molecule has 1 aliphatic rings. The van der Waals surface area contributed by atoms with E-state index in [-0.39, 0.29) is 6.03 Å². The highest BCUT2D eigenvalue weighted by Crippen LogP contribution is 2.15. The van der Waals surface area contributed by atoms with E-state index >= 15 is 0 Å². The van der Waals surface area contributed by atoms with E-state index in [1.54, 1.807) is 4.90 Å². The van der Waals surface area contributed by atoms with Crippen molar-refractivity contribution in [3.05, 3.63) is 30.3 Å². The molecule has 5 heteroatoms. The Hall–Kier alpha value is -1.75. The molecular weight excluding hydrogens is 218 g/mol. The number of urea groups is 1. The van der Waals surface area contributed by atoms with Gasteiger partial charge in [0.25, 0.3) is 0 Å². The number of carbonyl (C=O) groups is 1. The third-order valence-electron chi connectivity index (χ3n) is 2.88. The Bertz CT molecular complexity index is 361. The Morgan fingerprint density at radius 1 is 1.18 bits per heavy atom. The van der Waals surface area contributed by atoms with Gasteiger partial charge in [-0.2, -0.15) is 0 Å². The number of hydroxylamine groups is 1. The number of para-hydroxylation sites is 1. The number of amides is 2. The second-order valence-electron chi connectivity index (χ2n) is 3.92. The number of benzene rings is 1. The molecule has 2 amide bonds. The summed E-state index contributed by atoms with van der Waals surface area (Å²) in [6, 6.07) is 10.1. The minimum atomic E-state index is -0.166. The second kappa shape index (κ2) is 5.54. The first-order valence-corrected chi connectivity index (χ1v) is 5.69. The molecule has 1 fully saturated rings. The maximum Gasteiger partial charge on any atom is 0.341 e. The van der Waals surface area contributed by atoms with Crippen LogP contribution in [0.5, 0.6) is 0 Å². The normalized spacial score (nSPS) is 15.8. The predicted molar refractivity (Wildman–Crippen MR) is 65.8 cm³/mol. The molecule has 17 heavy (non-hydrogen) atoms. The van der Waals surface area contributed by atoms with Gasteiger partial charge in [-0.05, 0) is 12.1 Å². The summed E-state index contributed by atoms with van der Waals surface area (Å²) >= 11 is 0. The molecular formula is C12H17N3O2. The van der Waals surface area contributed by atoms with Gasteiger partial charge in [-0.1, -0.05) is 18.2 Å². The molecule has 0 spiro atoms. The molecule has 1 aliphatic heterocycles. The third kappa shape index (κ3) is 2.88. The predicted octanol–water partition coefficient (Wildman–Crippen LogP) is 1.08. The van der Waals surface area contributed by atoms with E-state index < -0.39 is 0 Å². The van der Waals surface area contributed by atoms with Crippen LogP contribution in [-0.4, -0.2) is 44.2 Å². The molecule has 0 atom stereocenters. The standard InChI is InChI=1S/C12H17N3O2/c1-17-13-12(16)15-9-7-14(8-10-15)11-5-3-2-4-6-11/h2-6H,7-10H2,1H3,(H,13,16). The van der Waals surface area contributed by atoms with Crippen molar-refractivity contribution >= 4 is 11.7 Å². The lowest BCUT2D eigenvalue weighted by Crippen LogP contribution is -2.51. The maximum atomic E-state index is 11.5. The van der Waals surface area contributed by atoms with Crippen LogP contribution in [0, 0.1) is 0 Å². The van der Waals surface area contributed by atoms with Gasteiger partial charge in [0.1, 0.15) is 0 Å². The van der Waals surface area contributed by atoms with Gasteiger partial charge in [0, 0.05) is 31.9 Å². The topological polar surface area (TPSA) is 44.8 Å². The van der Waals surface area contributed by atoms with E-state index in [1.807, 2.05) is 18.2 Å². The molecule has 1 aromatic rings. The Morgan fingerprint density at radius 3 is 2.41 bits per heavy atom. The third-order valence-corrected chi connectivity index (χ3v) is 2.88. The van der Waals surface area contributed by atoms with E-state index in [9.17, 15) is 4.79 Å². The first-order chi connectivity index (χ1) is 8.31. The SMILES string of the molecule is CONC(=O)N1CCN(c2ccccc2)CC1. The highest BCUT2D eigenvalue weighted by Gasteiger charge is 2.20. The Morgan fingerprint density at radius 2 is 1.82 bits per heavy atom. The molecule has 1 aromatic carbocycles. The second-order valence-corrected chi connectivity index (χ2v) is 3.92. The largest absolute Gasteiger partial charge is 0.368 e. The molecule has 0 aromatic heterocycles. The summed E-state index contributed by atoms with van der Waals surface area (Å²) in [5, 5.41) is 0. The fraction of sp³-hybridized carbons (Fsp3) is 0.417. The lowest BCUT2D eigenvalue weighted by molar-refractivity contribution is 0.0857. The van der Waals surface area contributed by atoms with Gasteiger partial charge in [-0.25, -0.2) is 10.3 Å². The van der Waals surface area contributed by atoms with Gasteiger partial charge in [0.05, 0.1) is 7.11 Å². The molecule has 0 aliphatic carbocycles. The summed E-state index contributed by atoms with van der Waals surface area (Å²) in [7, 11) is 1.44. The maximum absolute atomic E-state index is 11.5. The van der Waals surface area contributed by atoms with Crippen LogP contribution in [0.25, 0.3) is 0 Å². The van der Waals surface area contributed by atoms with Crippen LogP contribution in [-0.2, 0) is 4.84 Å². The average molecular weight is 235 g/mol. The van der Waals surface area contributed by atoms with Gasteiger partial charge in [-0.3, -0.25) is 4.84 Å². The van der Waals surface area contributed by atoms with Crippen molar-refractivity contribution in [3.8, 4) is 0 Å². The zero-order valence-electron chi connectivity index (χ0n) is 9.93. The summed E-state index contributed by atoms with van der Waals surface area (Å²) < 4.78 is 0. The summed E-state index contributed by atoms with van der Waals surface area (Å²) in [6.07, 6.45) is 0. The lowest BCUT2D eigenvalue weighted by Gasteiger charge is -2.35. The number of rotatable bonds is 2. The van der Waals surface area contributed by atoms with Crippen molar-refractivity contribution in [2.24, 2.45) is 0 Å². The van der Waals surface area contributed by atoms with E-state index in [4.69, 9.17) is 0 Å². The van der Waals surface area contributed by atoms with Crippen LogP contribution < -0.4 is 10.4 Å². The van der Waals surface area contributed by atoms with Crippen molar-refractivity contribution in [1.82, 2.24) is 10.4 Å². The van der Waals surface area contributed by atoms with Crippen LogP contribution in [0.15, 0.2) is 30.3 Å². The number of nitrogens with zero attached hydrogens (tertiary/aromatic N) is 2. The molecule has 2 rings (SSSR count). The summed E-state index contributed by atoms with van der Waals surface area (Å²) in [5.74, 6) is 0. The average Bonchev–Trinajstić information content (AvgIpc) is 2.40. The highest BCUT2D eigenvalue weighted by atomic mass is 16.6. The van der Waals surface area contributed by atoms with E-state index in [0.717, 1.165) is 13.1 Å². The molecule has 0 bridgehead atoms. The number of anilines is 1. The first kappa shape index (κ1) is 11.7. The zero-order valence-corrected chi connectivity index (χ0v) is 9.93. The van der Waals surface area contributed by atoms with Gasteiger partial charge in [-0.15, -0.1) is 0 Å². The van der Waals surface area contributed by atoms with E-state index in [2.05, 4.69) is 27.4 Å². The monoisotopic (exact) mass is 235 g/mol. The van der Waals surface area contributed by atoms with Gasteiger partial charge in [0.15, 0.2) is 0 Å². The van der Waals surface area contributed by atoms with Crippen LogP contribution in [0.2, 0.25) is 0 Å². The quantitative estimate of drug-likeness (QED) is 0.780. The van der Waals surface area contributed by atoms with E-state index in [0.29, 0.717) is 13.1 Å². The number of hydrogen-bond acceptors (Lipinski definition) is 3. The van der Waals surface area contributed by atoms with Gasteiger partial charge < -0.3 is 9.80 Å². The minimum Gasteiger partial charge on any atom is -0.368 e. The fourth-order valence-electron chi connectivity index (χ4n) is 1.96. The molecule has 1 N–H and O–H groups in total. The van der Waals surface area contributed by atoms with Crippen molar-refractivity contribution in [2.75, 3.05) is 38.2 Å². The number of piperazine rings is 1. The van der Waals surface area contributed by atoms with Crippen molar-refractivity contribution in [1.29, 1.82) is 0 Å². The summed E-state index contributed by atoms with van der Waals surface area (Å²) in [6.45, 7) is 3.12. The van der Waals surface area contributed by atoms with Crippen LogP contribution in [0.3, 0.4) is 0 Å². The molecule has 5 nitrogen and oxygen atoms in total. The smallest absolute Gasteiger partial charge is 0.341 e. The summed E-state index contributed by atoms with van der Waals surface area (Å²) in [5.41, 5.74) is 3.55. The fourth-order valence-corrected chi connectivity index (χ4v) is 1.96. The molecule has 0 saturated carbocycles. The molecule has 92 valence electrons. The molecule has 1 heterocycles. The highest BCUT2D eigenvalue weighted by molar-refractivity contribution is 5.73. The molecule has 0 radical (unpaired) electrons. The Labute approximate surface area is 101 Å². The summed E-state index contributed by atoms with van der Waals surface area (Å²) in [4.78, 5) is 20.2. The zero-order chi connectivity index (χ0) is 12.1. The van der Waals surface area contributed by atoms with Gasteiger partial charge in [0.2, 0.25) is 0 Å². The number of nitrogens with one attached hydrogen (secondary N) is 1. The van der Waals surface area contributed by atoms with E-state index in [1.165, 1.54) is 12.8 Å². The first-order valence-electron chi connectivity index (χ1n) is 5.69. The number of hydrogen-bond donors (Lipinski definition) is 1. The molecule has 0 unspecified atom stereocenters. The van der Waals surface area contributed by atoms with Crippen molar-refractivity contribution in [3.63, 3.8) is 0 Å². The number of carbonyl (C=O) groups excluding carboxylic acids is 1. The van der Waals surface area contributed by atoms with Crippen LogP contribution >= 0.6 is 0 Å². The Balaban J connectivity index is 1.88. The van der Waals surface area contributed by atoms with Crippen LogP contribution in [0.1, 0.15) is 0 Å². The van der Waals surface area contributed by atoms with Crippen LogP contribution in [0.4, 0.5) is 10.5 Å². The molecule has 1 saturated heterocycles. The van der Waals surface area contributed by atoms with Crippen molar-refractivity contribution in [2.45, 2.75) is 0 Å². The van der Waals surface area contributed by atoms with Gasteiger partial charge >= 0.3 is 6.03 Å². The lowest BCUT2D eigenvalue weighted by atomic mass is 10.2. The minimum absolute atomic E-state index is 0.166. The van der Waals surface area contributed by atoms with Crippen molar-refractivity contribution < 1.29 is 9.63 Å². The Kier molecular flexibility index (Phi) is 3.82.